The molecule has 5 heteroatoms. The SMILES string of the molecule is Nc1cnoc1-c1cccc(F)c1O. The Kier molecular flexibility index (Phi) is 1.85. The van der Waals surface area contributed by atoms with Gasteiger partial charge in [0.1, 0.15) is 5.69 Å². The fraction of sp³-hybridized carbons (Fsp3) is 0. The van der Waals surface area contributed by atoms with Crippen molar-refractivity contribution in [3.63, 3.8) is 0 Å². The molecule has 0 fully saturated rings. The summed E-state index contributed by atoms with van der Waals surface area (Å²) >= 11 is 0. The molecule has 0 spiro atoms. The molecule has 1 aromatic carbocycles. The third-order valence-electron chi connectivity index (χ3n) is 1.83. The number of benzene rings is 1. The third-order valence-corrected chi connectivity index (χ3v) is 1.83. The van der Waals surface area contributed by atoms with Crippen LogP contribution in [0.5, 0.6) is 5.75 Å². The second kappa shape index (κ2) is 3.02. The number of anilines is 1. The van der Waals surface area contributed by atoms with Crippen LogP contribution in [0.2, 0.25) is 0 Å². The highest BCUT2D eigenvalue weighted by atomic mass is 19.1. The highest BCUT2D eigenvalue weighted by Crippen LogP contribution is 2.34. The van der Waals surface area contributed by atoms with Gasteiger partial charge < -0.3 is 15.4 Å². The fourth-order valence-corrected chi connectivity index (χ4v) is 1.15. The molecule has 0 aliphatic carbocycles. The largest absolute Gasteiger partial charge is 0.504 e. The van der Waals surface area contributed by atoms with Crippen molar-refractivity contribution < 1.29 is 14.0 Å². The second-order valence-corrected chi connectivity index (χ2v) is 2.75. The zero-order chi connectivity index (χ0) is 10.1. The van der Waals surface area contributed by atoms with E-state index in [1.165, 1.54) is 18.3 Å². The Morgan fingerprint density at radius 2 is 2.21 bits per heavy atom. The minimum absolute atomic E-state index is 0.169. The summed E-state index contributed by atoms with van der Waals surface area (Å²) in [5.41, 5.74) is 5.95. The first-order valence-corrected chi connectivity index (χ1v) is 3.88. The molecule has 0 saturated carbocycles. The summed E-state index contributed by atoms with van der Waals surface area (Å²) in [5.74, 6) is -1.05. The van der Waals surface area contributed by atoms with Gasteiger partial charge >= 0.3 is 0 Å². The maximum absolute atomic E-state index is 12.9. The first-order chi connectivity index (χ1) is 6.70. The monoisotopic (exact) mass is 194 g/mol. The van der Waals surface area contributed by atoms with Gasteiger partial charge in [0.05, 0.1) is 11.8 Å². The molecule has 14 heavy (non-hydrogen) atoms. The van der Waals surface area contributed by atoms with E-state index in [1.54, 1.807) is 0 Å². The molecule has 3 N–H and O–H groups in total. The highest BCUT2D eigenvalue weighted by Gasteiger charge is 2.14. The van der Waals surface area contributed by atoms with Crippen LogP contribution in [0.25, 0.3) is 11.3 Å². The van der Waals surface area contributed by atoms with Crippen molar-refractivity contribution in [1.29, 1.82) is 0 Å². The predicted molar refractivity (Wildman–Crippen MR) is 48.0 cm³/mol. The Hall–Kier alpha value is -2.04. The maximum atomic E-state index is 12.9. The third kappa shape index (κ3) is 1.19. The molecule has 2 aromatic rings. The molecule has 0 aliphatic heterocycles. The zero-order valence-electron chi connectivity index (χ0n) is 7.07. The molecule has 0 amide bonds. The lowest BCUT2D eigenvalue weighted by atomic mass is 10.1. The van der Waals surface area contributed by atoms with Crippen LogP contribution in [-0.4, -0.2) is 10.3 Å². The minimum atomic E-state index is -0.724. The molecule has 0 radical (unpaired) electrons. The smallest absolute Gasteiger partial charge is 0.193 e. The van der Waals surface area contributed by atoms with E-state index in [2.05, 4.69) is 5.16 Å². The van der Waals surface area contributed by atoms with Crippen LogP contribution in [0.15, 0.2) is 28.9 Å². The number of rotatable bonds is 1. The summed E-state index contributed by atoms with van der Waals surface area (Å²) in [6, 6.07) is 4.09. The second-order valence-electron chi connectivity index (χ2n) is 2.75. The maximum Gasteiger partial charge on any atom is 0.193 e. The average Bonchev–Trinajstić information content (AvgIpc) is 2.57. The van der Waals surface area contributed by atoms with Gasteiger partial charge in [-0.3, -0.25) is 0 Å². The van der Waals surface area contributed by atoms with Crippen molar-refractivity contribution in [3.8, 4) is 17.1 Å². The van der Waals surface area contributed by atoms with Crippen molar-refractivity contribution in [1.82, 2.24) is 5.16 Å². The van der Waals surface area contributed by atoms with Gasteiger partial charge in [0.2, 0.25) is 0 Å². The van der Waals surface area contributed by atoms with Gasteiger partial charge in [0, 0.05) is 0 Å². The lowest BCUT2D eigenvalue weighted by Crippen LogP contribution is -1.86. The van der Waals surface area contributed by atoms with E-state index < -0.39 is 11.6 Å². The van der Waals surface area contributed by atoms with Crippen LogP contribution in [0.4, 0.5) is 10.1 Å². The van der Waals surface area contributed by atoms with Crippen molar-refractivity contribution in [2.45, 2.75) is 0 Å². The van der Waals surface area contributed by atoms with Crippen LogP contribution in [0.3, 0.4) is 0 Å². The lowest BCUT2D eigenvalue weighted by Gasteiger charge is -2.01. The van der Waals surface area contributed by atoms with E-state index in [9.17, 15) is 9.50 Å². The molecule has 0 unspecified atom stereocenters. The molecule has 1 aromatic heterocycles. The molecular weight excluding hydrogens is 187 g/mol. The Morgan fingerprint density at radius 3 is 2.86 bits per heavy atom. The van der Waals surface area contributed by atoms with Crippen molar-refractivity contribution >= 4 is 5.69 Å². The average molecular weight is 194 g/mol. The van der Waals surface area contributed by atoms with Gasteiger partial charge in [-0.2, -0.15) is 0 Å². The molecule has 2 rings (SSSR count). The van der Waals surface area contributed by atoms with Gasteiger partial charge in [-0.1, -0.05) is 11.2 Å². The summed E-state index contributed by atoms with van der Waals surface area (Å²) in [4.78, 5) is 0. The van der Waals surface area contributed by atoms with E-state index in [1.807, 2.05) is 0 Å². The lowest BCUT2D eigenvalue weighted by molar-refractivity contribution is 0.415. The summed E-state index contributed by atoms with van der Waals surface area (Å²) in [5, 5.41) is 12.8. The Bertz CT molecular complexity index is 468. The molecular formula is C9H7FN2O2. The van der Waals surface area contributed by atoms with Crippen LogP contribution in [-0.2, 0) is 0 Å². The number of hydrogen-bond donors (Lipinski definition) is 2. The van der Waals surface area contributed by atoms with E-state index in [0.29, 0.717) is 0 Å². The van der Waals surface area contributed by atoms with Crippen LogP contribution in [0.1, 0.15) is 0 Å². The summed E-state index contributed by atoms with van der Waals surface area (Å²) in [6.45, 7) is 0. The number of nitrogens with two attached hydrogens (primary N) is 1. The van der Waals surface area contributed by atoms with Crippen LogP contribution < -0.4 is 5.73 Å². The van der Waals surface area contributed by atoms with Crippen molar-refractivity contribution in [2.24, 2.45) is 0 Å². The molecule has 0 atom stereocenters. The molecule has 0 aliphatic rings. The number of aromatic nitrogens is 1. The molecule has 0 bridgehead atoms. The molecule has 0 saturated heterocycles. The normalized spacial score (nSPS) is 10.4. The predicted octanol–water partition coefficient (Wildman–Crippen LogP) is 1.77. The number of halogens is 1. The summed E-state index contributed by atoms with van der Waals surface area (Å²) in [7, 11) is 0. The molecule has 4 nitrogen and oxygen atoms in total. The van der Waals surface area contributed by atoms with Gasteiger partial charge in [-0.25, -0.2) is 4.39 Å². The number of phenols is 1. The van der Waals surface area contributed by atoms with E-state index in [4.69, 9.17) is 10.3 Å². The van der Waals surface area contributed by atoms with E-state index in [0.717, 1.165) is 6.07 Å². The number of phenolic OH excluding ortho intramolecular Hbond substituents is 1. The number of hydrogen-bond acceptors (Lipinski definition) is 4. The topological polar surface area (TPSA) is 72.3 Å². The molecule has 72 valence electrons. The number of nitrogens with zero attached hydrogens (tertiary/aromatic N) is 1. The van der Waals surface area contributed by atoms with E-state index in [-0.39, 0.29) is 17.0 Å². The van der Waals surface area contributed by atoms with Gasteiger partial charge in [-0.05, 0) is 12.1 Å². The standard InChI is InChI=1S/C9H7FN2O2/c10-6-3-1-2-5(8(6)13)9-7(11)4-12-14-9/h1-4,13H,11H2. The quantitative estimate of drug-likeness (QED) is 0.725. The van der Waals surface area contributed by atoms with Gasteiger partial charge in [-0.15, -0.1) is 0 Å². The molecule has 1 heterocycles. The van der Waals surface area contributed by atoms with Crippen LogP contribution in [0, 0.1) is 5.82 Å². The van der Waals surface area contributed by atoms with Gasteiger partial charge in [0.15, 0.2) is 17.3 Å². The Labute approximate surface area is 78.8 Å². The number of aromatic hydroxyl groups is 1. The zero-order valence-corrected chi connectivity index (χ0v) is 7.07. The fourth-order valence-electron chi connectivity index (χ4n) is 1.15. The van der Waals surface area contributed by atoms with Crippen molar-refractivity contribution in [2.75, 3.05) is 5.73 Å². The Balaban J connectivity index is 2.63. The number of nitrogen functional groups attached to an aromatic ring is 1. The van der Waals surface area contributed by atoms with E-state index >= 15 is 0 Å². The Morgan fingerprint density at radius 1 is 1.43 bits per heavy atom. The first kappa shape index (κ1) is 8.55. The van der Waals surface area contributed by atoms with Crippen LogP contribution >= 0.6 is 0 Å². The number of para-hydroxylation sites is 1. The summed E-state index contributed by atoms with van der Waals surface area (Å²) in [6.07, 6.45) is 1.29. The minimum Gasteiger partial charge on any atom is -0.504 e. The first-order valence-electron chi connectivity index (χ1n) is 3.88. The summed E-state index contributed by atoms with van der Waals surface area (Å²) < 4.78 is 17.7. The van der Waals surface area contributed by atoms with Crippen molar-refractivity contribution in [3.05, 3.63) is 30.2 Å². The van der Waals surface area contributed by atoms with Gasteiger partial charge in [0.25, 0.3) is 0 Å². The highest BCUT2D eigenvalue weighted by molar-refractivity contribution is 5.74.